The van der Waals surface area contributed by atoms with Gasteiger partial charge in [-0.1, -0.05) is 53.3 Å². The normalized spacial score (nSPS) is 15.7. The van der Waals surface area contributed by atoms with E-state index in [1.165, 1.54) is 18.4 Å². The molecule has 1 unspecified atom stereocenters. The zero-order chi connectivity index (χ0) is 24.4. The zero-order valence-electron chi connectivity index (χ0n) is 19.5. The first-order chi connectivity index (χ1) is 16.4. The molecule has 2 heterocycles. The summed E-state index contributed by atoms with van der Waals surface area (Å²) in [6.45, 7) is 7.85. The number of rotatable bonds is 6. The zero-order valence-corrected chi connectivity index (χ0v) is 21.1. The fraction of sp³-hybridized carbons (Fsp3) is 0.269. The van der Waals surface area contributed by atoms with Crippen LogP contribution < -0.4 is 19.8 Å². The van der Waals surface area contributed by atoms with E-state index in [9.17, 15) is 9.59 Å². The Hall–Kier alpha value is -3.16. The first-order valence-corrected chi connectivity index (χ1v) is 12.3. The average molecular weight is 496 g/mol. The molecule has 0 radical (unpaired) electrons. The van der Waals surface area contributed by atoms with Crippen LogP contribution in [0.15, 0.2) is 69.6 Å². The molecule has 0 saturated heterocycles. The number of nitrogens with zero attached hydrogens (tertiary/aromatic N) is 3. The number of allylic oxidation sites excluding steroid dienone is 1. The molecule has 1 atom stereocenters. The highest BCUT2D eigenvalue weighted by Crippen LogP contribution is 2.34. The quantitative estimate of drug-likeness (QED) is 0.486. The predicted octanol–water partition coefficient (Wildman–Crippen LogP) is 3.91. The summed E-state index contributed by atoms with van der Waals surface area (Å²) in [5, 5.41) is 0.463. The summed E-state index contributed by atoms with van der Waals surface area (Å²) in [4.78, 5) is 33.7. The molecule has 176 valence electrons. The summed E-state index contributed by atoms with van der Waals surface area (Å²) >= 11 is 7.80. The molecule has 0 fully saturated rings. The maximum Gasteiger partial charge on any atom is 0.338 e. The van der Waals surface area contributed by atoms with E-state index in [0.717, 1.165) is 24.3 Å². The Morgan fingerprint density at radius 2 is 1.85 bits per heavy atom. The van der Waals surface area contributed by atoms with E-state index in [2.05, 4.69) is 35.9 Å². The van der Waals surface area contributed by atoms with Crippen molar-refractivity contribution in [1.82, 2.24) is 4.57 Å². The van der Waals surface area contributed by atoms with Gasteiger partial charge in [-0.2, -0.15) is 0 Å². The summed E-state index contributed by atoms with van der Waals surface area (Å²) in [6.07, 6.45) is 1.86. The molecule has 0 spiro atoms. The number of hydrogen-bond donors (Lipinski definition) is 0. The van der Waals surface area contributed by atoms with Gasteiger partial charge in [0.2, 0.25) is 0 Å². The van der Waals surface area contributed by atoms with Crippen molar-refractivity contribution in [2.24, 2.45) is 4.99 Å². The molecule has 8 heteroatoms. The monoisotopic (exact) mass is 495 g/mol. The fourth-order valence-electron chi connectivity index (χ4n) is 4.21. The van der Waals surface area contributed by atoms with Gasteiger partial charge in [-0.3, -0.25) is 9.36 Å². The second-order valence-corrected chi connectivity index (χ2v) is 9.28. The van der Waals surface area contributed by atoms with Crippen LogP contribution in [0.3, 0.4) is 0 Å². The van der Waals surface area contributed by atoms with Crippen molar-refractivity contribution in [3.8, 4) is 0 Å². The van der Waals surface area contributed by atoms with Crippen molar-refractivity contribution < 1.29 is 9.53 Å². The lowest BCUT2D eigenvalue weighted by Gasteiger charge is -2.25. The summed E-state index contributed by atoms with van der Waals surface area (Å²) in [5.41, 5.74) is 3.29. The molecule has 0 saturated carbocycles. The Bertz CT molecular complexity index is 1430. The second kappa shape index (κ2) is 9.99. The number of hydrogen-bond acceptors (Lipinski definition) is 6. The van der Waals surface area contributed by atoms with Gasteiger partial charge in [0.15, 0.2) is 4.80 Å². The number of halogens is 1. The number of benzene rings is 2. The molecule has 0 bridgehead atoms. The Morgan fingerprint density at radius 3 is 2.47 bits per heavy atom. The number of aromatic nitrogens is 1. The lowest BCUT2D eigenvalue weighted by atomic mass is 9.96. The summed E-state index contributed by atoms with van der Waals surface area (Å²) in [6, 6.07) is 14.6. The summed E-state index contributed by atoms with van der Waals surface area (Å²) in [5.74, 6) is -0.535. The van der Waals surface area contributed by atoms with E-state index in [1.54, 1.807) is 17.6 Å². The highest BCUT2D eigenvalue weighted by atomic mass is 35.5. The minimum Gasteiger partial charge on any atom is -0.466 e. The van der Waals surface area contributed by atoms with Crippen LogP contribution in [0.1, 0.15) is 37.9 Å². The lowest BCUT2D eigenvalue weighted by molar-refractivity contribution is -0.136. The fourth-order valence-corrected chi connectivity index (χ4v) is 5.49. The minimum atomic E-state index is -0.718. The number of carbonyl (C=O) groups excluding carboxylic acids is 1. The van der Waals surface area contributed by atoms with Gasteiger partial charge in [-0.05, 0) is 56.2 Å². The van der Waals surface area contributed by atoms with Crippen molar-refractivity contribution in [1.29, 1.82) is 0 Å². The van der Waals surface area contributed by atoms with Gasteiger partial charge < -0.3 is 9.64 Å². The number of esters is 1. The molecule has 4 rings (SSSR count). The molecule has 1 aliphatic rings. The number of fused-ring (bicyclic) bond motifs is 1. The number of ether oxygens (including phenoxy) is 1. The minimum absolute atomic E-state index is 0.226. The average Bonchev–Trinajstić information content (AvgIpc) is 3.14. The topological polar surface area (TPSA) is 63.9 Å². The van der Waals surface area contributed by atoms with Gasteiger partial charge >= 0.3 is 5.97 Å². The van der Waals surface area contributed by atoms with Gasteiger partial charge in [0, 0.05) is 23.8 Å². The number of anilines is 1. The van der Waals surface area contributed by atoms with Crippen LogP contribution in [0, 0.1) is 0 Å². The molecule has 34 heavy (non-hydrogen) atoms. The SMILES string of the molecule is CCN(CC)c1ccc(C=c2sc3n(c2=O)C(c2ccccc2Cl)C(C(=O)OC)=C(C)N=3)cc1. The summed E-state index contributed by atoms with van der Waals surface area (Å²) < 4.78 is 7.11. The maximum absolute atomic E-state index is 13.6. The second-order valence-electron chi connectivity index (χ2n) is 7.86. The molecule has 6 nitrogen and oxygen atoms in total. The maximum atomic E-state index is 13.6. The highest BCUT2D eigenvalue weighted by Gasteiger charge is 2.34. The van der Waals surface area contributed by atoms with Crippen molar-refractivity contribution in [2.75, 3.05) is 25.1 Å². The molecule has 3 aromatic rings. The van der Waals surface area contributed by atoms with E-state index in [4.69, 9.17) is 16.3 Å². The van der Waals surface area contributed by atoms with E-state index < -0.39 is 12.0 Å². The standard InChI is InChI=1S/C26H26ClN3O3S/c1-5-29(6-2)18-13-11-17(12-14-18)15-21-24(31)30-23(19-9-7-8-10-20(19)27)22(25(32)33-4)16(3)28-26(30)34-21/h7-15,23H,5-6H2,1-4H3. The molecule has 1 aliphatic heterocycles. The van der Waals surface area contributed by atoms with Crippen LogP contribution in [0.2, 0.25) is 5.02 Å². The predicted molar refractivity (Wildman–Crippen MR) is 137 cm³/mol. The van der Waals surface area contributed by atoms with Crippen molar-refractivity contribution in [3.63, 3.8) is 0 Å². The molecule has 0 aliphatic carbocycles. The Kier molecular flexibility index (Phi) is 7.05. The largest absolute Gasteiger partial charge is 0.466 e. The molecule has 0 N–H and O–H groups in total. The number of carbonyl (C=O) groups is 1. The smallest absolute Gasteiger partial charge is 0.338 e. The van der Waals surface area contributed by atoms with Gasteiger partial charge in [0.25, 0.3) is 5.56 Å². The van der Waals surface area contributed by atoms with Crippen molar-refractivity contribution in [3.05, 3.63) is 95.6 Å². The van der Waals surface area contributed by atoms with Crippen LogP contribution in [-0.2, 0) is 9.53 Å². The molecule has 1 aromatic heterocycles. The van der Waals surface area contributed by atoms with Gasteiger partial charge in [-0.25, -0.2) is 9.79 Å². The third-order valence-corrected chi connectivity index (χ3v) is 7.27. The molecular weight excluding hydrogens is 470 g/mol. The third kappa shape index (κ3) is 4.33. The van der Waals surface area contributed by atoms with Gasteiger partial charge in [0.05, 0.1) is 22.9 Å². The van der Waals surface area contributed by atoms with Crippen LogP contribution in [0.4, 0.5) is 5.69 Å². The summed E-state index contributed by atoms with van der Waals surface area (Å²) in [7, 11) is 1.32. The lowest BCUT2D eigenvalue weighted by Crippen LogP contribution is -2.39. The van der Waals surface area contributed by atoms with Crippen LogP contribution in [0.25, 0.3) is 6.08 Å². The van der Waals surface area contributed by atoms with Gasteiger partial charge in [-0.15, -0.1) is 0 Å². The number of thiazole rings is 1. The van der Waals surface area contributed by atoms with Crippen molar-refractivity contribution >= 4 is 40.7 Å². The van der Waals surface area contributed by atoms with E-state index in [1.807, 2.05) is 36.4 Å². The van der Waals surface area contributed by atoms with Gasteiger partial charge in [0.1, 0.15) is 6.04 Å². The number of methoxy groups -OCH3 is 1. The van der Waals surface area contributed by atoms with Crippen molar-refractivity contribution in [2.45, 2.75) is 26.8 Å². The van der Waals surface area contributed by atoms with E-state index >= 15 is 0 Å². The highest BCUT2D eigenvalue weighted by molar-refractivity contribution is 7.07. The van der Waals surface area contributed by atoms with E-state index in [-0.39, 0.29) is 5.56 Å². The Labute approximate surface area is 207 Å². The molecular formula is C26H26ClN3O3S. The Morgan fingerprint density at radius 1 is 1.18 bits per heavy atom. The third-order valence-electron chi connectivity index (χ3n) is 5.95. The first-order valence-electron chi connectivity index (χ1n) is 11.1. The van der Waals surface area contributed by atoms with E-state index in [0.29, 0.717) is 31.2 Å². The van der Waals surface area contributed by atoms with Crippen LogP contribution in [0.5, 0.6) is 0 Å². The van der Waals surface area contributed by atoms with Crippen LogP contribution >= 0.6 is 22.9 Å². The van der Waals surface area contributed by atoms with Crippen LogP contribution in [-0.4, -0.2) is 30.7 Å². The Balaban J connectivity index is 1.88. The first kappa shape index (κ1) is 24.0. The molecule has 2 aromatic carbocycles. The molecule has 0 amide bonds.